The number of nitrogens with two attached hydrogens (primary N) is 1. The van der Waals surface area contributed by atoms with Crippen molar-refractivity contribution in [3.63, 3.8) is 0 Å². The van der Waals surface area contributed by atoms with Crippen molar-refractivity contribution in [3.05, 3.63) is 40.5 Å². The van der Waals surface area contributed by atoms with E-state index in [9.17, 15) is 4.79 Å². The van der Waals surface area contributed by atoms with E-state index in [4.69, 9.17) is 5.84 Å². The number of carbonyl (C=O) groups excluding carboxylic acids is 1. The minimum Gasteiger partial charge on any atom is -0.321 e. The molecule has 21 heavy (non-hydrogen) atoms. The molecular formula is C13H15BrN6O. The Kier molecular flexibility index (Phi) is 4.81. The summed E-state index contributed by atoms with van der Waals surface area (Å²) in [5.41, 5.74) is 2.95. The number of pyridine rings is 1. The Bertz CT molecular complexity index is 661. The third-order valence-electron chi connectivity index (χ3n) is 2.68. The normalized spacial score (nSPS) is 10.5. The van der Waals surface area contributed by atoms with E-state index in [0.717, 1.165) is 0 Å². The number of halogens is 1. The highest BCUT2D eigenvalue weighted by atomic mass is 79.9. The van der Waals surface area contributed by atoms with Crippen LogP contribution in [0.3, 0.4) is 0 Å². The molecule has 0 spiro atoms. The van der Waals surface area contributed by atoms with Crippen LogP contribution in [0.5, 0.6) is 0 Å². The van der Waals surface area contributed by atoms with E-state index in [-0.39, 0.29) is 11.6 Å². The predicted molar refractivity (Wildman–Crippen MR) is 83.8 cm³/mol. The van der Waals surface area contributed by atoms with Gasteiger partial charge in [0, 0.05) is 12.1 Å². The monoisotopic (exact) mass is 350 g/mol. The van der Waals surface area contributed by atoms with Gasteiger partial charge in [-0.15, -0.1) is 0 Å². The zero-order chi connectivity index (χ0) is 15.4. The van der Waals surface area contributed by atoms with Crippen molar-refractivity contribution in [2.24, 2.45) is 5.84 Å². The van der Waals surface area contributed by atoms with E-state index >= 15 is 0 Å². The molecule has 2 rings (SSSR count). The molecule has 110 valence electrons. The summed E-state index contributed by atoms with van der Waals surface area (Å²) in [5, 5.41) is 2.68. The summed E-state index contributed by atoms with van der Waals surface area (Å²) in [4.78, 5) is 24.9. The van der Waals surface area contributed by atoms with Gasteiger partial charge < -0.3 is 10.7 Å². The number of nitrogen functional groups attached to an aromatic ring is 1. The molecular weight excluding hydrogens is 336 g/mol. The highest BCUT2D eigenvalue weighted by Crippen LogP contribution is 2.21. The van der Waals surface area contributed by atoms with Crippen LogP contribution in [-0.4, -0.2) is 20.9 Å². The Morgan fingerprint density at radius 3 is 2.76 bits per heavy atom. The zero-order valence-corrected chi connectivity index (χ0v) is 13.2. The van der Waals surface area contributed by atoms with E-state index in [2.05, 4.69) is 41.6 Å². The highest BCUT2D eigenvalue weighted by molar-refractivity contribution is 9.10. The predicted octanol–water partition coefficient (Wildman–Crippen LogP) is 2.30. The van der Waals surface area contributed by atoms with Gasteiger partial charge >= 0.3 is 0 Å². The molecule has 0 atom stereocenters. The third kappa shape index (κ3) is 3.53. The molecule has 4 N–H and O–H groups in total. The number of amides is 1. The van der Waals surface area contributed by atoms with Crippen molar-refractivity contribution in [1.82, 2.24) is 15.0 Å². The standard InChI is InChI=1S/C13H15BrN6O/c1-7(2)11-17-6-9(20-15)10(18-11)13(21)19-12-8(14)4-3-5-16-12/h3-7,20H,15H2,1-2H3,(H,16,19,21). The topological polar surface area (TPSA) is 106 Å². The molecule has 0 aliphatic rings. The molecule has 0 radical (unpaired) electrons. The van der Waals surface area contributed by atoms with Gasteiger partial charge in [0.1, 0.15) is 11.6 Å². The fourth-order valence-corrected chi connectivity index (χ4v) is 1.95. The second-order valence-electron chi connectivity index (χ2n) is 4.58. The molecule has 0 aliphatic carbocycles. The van der Waals surface area contributed by atoms with Crippen molar-refractivity contribution in [2.75, 3.05) is 10.7 Å². The van der Waals surface area contributed by atoms with Gasteiger partial charge in [-0.3, -0.25) is 10.6 Å². The third-order valence-corrected chi connectivity index (χ3v) is 3.32. The summed E-state index contributed by atoms with van der Waals surface area (Å²) in [5.74, 6) is 6.08. The van der Waals surface area contributed by atoms with Crippen LogP contribution in [-0.2, 0) is 0 Å². The van der Waals surface area contributed by atoms with Gasteiger partial charge in [-0.25, -0.2) is 15.0 Å². The first-order valence-electron chi connectivity index (χ1n) is 6.28. The molecule has 0 bridgehead atoms. The van der Waals surface area contributed by atoms with Crippen molar-refractivity contribution in [2.45, 2.75) is 19.8 Å². The maximum Gasteiger partial charge on any atom is 0.277 e. The number of hydrazine groups is 1. The largest absolute Gasteiger partial charge is 0.321 e. The molecule has 0 saturated heterocycles. The molecule has 0 aromatic carbocycles. The Hall–Kier alpha value is -2.06. The molecule has 0 saturated carbocycles. The van der Waals surface area contributed by atoms with Crippen LogP contribution < -0.4 is 16.6 Å². The first kappa shape index (κ1) is 15.3. The maximum absolute atomic E-state index is 12.4. The lowest BCUT2D eigenvalue weighted by atomic mass is 10.2. The van der Waals surface area contributed by atoms with E-state index in [1.54, 1.807) is 18.3 Å². The van der Waals surface area contributed by atoms with Crippen LogP contribution in [0.4, 0.5) is 11.5 Å². The summed E-state index contributed by atoms with van der Waals surface area (Å²) in [7, 11) is 0. The number of hydrogen-bond donors (Lipinski definition) is 3. The molecule has 8 heteroatoms. The van der Waals surface area contributed by atoms with E-state index in [1.807, 2.05) is 13.8 Å². The smallest absolute Gasteiger partial charge is 0.277 e. The summed E-state index contributed by atoms with van der Waals surface area (Å²) in [6.45, 7) is 3.89. The van der Waals surface area contributed by atoms with Crippen molar-refractivity contribution >= 4 is 33.3 Å². The van der Waals surface area contributed by atoms with Crippen molar-refractivity contribution < 1.29 is 4.79 Å². The Labute approximate surface area is 130 Å². The average molecular weight is 351 g/mol. The Balaban J connectivity index is 2.34. The van der Waals surface area contributed by atoms with Gasteiger partial charge in [-0.1, -0.05) is 13.8 Å². The minimum absolute atomic E-state index is 0.102. The molecule has 2 aromatic heterocycles. The maximum atomic E-state index is 12.4. The van der Waals surface area contributed by atoms with Gasteiger partial charge in [-0.05, 0) is 28.1 Å². The molecule has 0 fully saturated rings. The van der Waals surface area contributed by atoms with E-state index < -0.39 is 5.91 Å². The number of anilines is 2. The fraction of sp³-hybridized carbons (Fsp3) is 0.231. The lowest BCUT2D eigenvalue weighted by molar-refractivity contribution is 0.102. The molecule has 0 aliphatic heterocycles. The Morgan fingerprint density at radius 2 is 2.14 bits per heavy atom. The first-order valence-corrected chi connectivity index (χ1v) is 7.07. The lowest BCUT2D eigenvalue weighted by Crippen LogP contribution is -2.21. The second kappa shape index (κ2) is 6.59. The number of aromatic nitrogens is 3. The molecule has 0 unspecified atom stereocenters. The molecule has 7 nitrogen and oxygen atoms in total. The minimum atomic E-state index is -0.411. The fourth-order valence-electron chi connectivity index (χ4n) is 1.60. The number of rotatable bonds is 4. The zero-order valence-electron chi connectivity index (χ0n) is 11.6. The number of hydrogen-bond acceptors (Lipinski definition) is 6. The SMILES string of the molecule is CC(C)c1ncc(NN)c(C(=O)Nc2ncccc2Br)n1. The van der Waals surface area contributed by atoms with Gasteiger partial charge in [-0.2, -0.15) is 0 Å². The van der Waals surface area contributed by atoms with Crippen LogP contribution in [0.2, 0.25) is 0 Å². The quantitative estimate of drug-likeness (QED) is 0.577. The van der Waals surface area contributed by atoms with E-state index in [1.165, 1.54) is 6.20 Å². The van der Waals surface area contributed by atoms with Crippen molar-refractivity contribution in [1.29, 1.82) is 0 Å². The second-order valence-corrected chi connectivity index (χ2v) is 5.43. The summed E-state index contributed by atoms with van der Waals surface area (Å²) < 4.78 is 0.679. The van der Waals surface area contributed by atoms with Crippen LogP contribution in [0.15, 0.2) is 29.0 Å². The number of nitrogens with one attached hydrogen (secondary N) is 2. The highest BCUT2D eigenvalue weighted by Gasteiger charge is 2.17. The first-order chi connectivity index (χ1) is 10.0. The summed E-state index contributed by atoms with van der Waals surface area (Å²) >= 11 is 3.32. The lowest BCUT2D eigenvalue weighted by Gasteiger charge is -2.11. The number of carbonyl (C=O) groups is 1. The number of nitrogens with zero attached hydrogens (tertiary/aromatic N) is 3. The van der Waals surface area contributed by atoms with E-state index in [0.29, 0.717) is 21.8 Å². The molecule has 2 heterocycles. The average Bonchev–Trinajstić information content (AvgIpc) is 2.48. The summed E-state index contributed by atoms with van der Waals surface area (Å²) in [6.07, 6.45) is 3.08. The summed E-state index contributed by atoms with van der Waals surface area (Å²) in [6, 6.07) is 3.54. The van der Waals surface area contributed by atoms with Crippen LogP contribution >= 0.6 is 15.9 Å². The van der Waals surface area contributed by atoms with Crippen molar-refractivity contribution in [3.8, 4) is 0 Å². The molecule has 2 aromatic rings. The van der Waals surface area contributed by atoms with Gasteiger partial charge in [0.2, 0.25) is 0 Å². The molecule has 1 amide bonds. The van der Waals surface area contributed by atoms with Crippen LogP contribution in [0.25, 0.3) is 0 Å². The Morgan fingerprint density at radius 1 is 1.38 bits per heavy atom. The van der Waals surface area contributed by atoms with Gasteiger partial charge in [0.15, 0.2) is 5.69 Å². The van der Waals surface area contributed by atoms with Gasteiger partial charge in [0.25, 0.3) is 5.91 Å². The van der Waals surface area contributed by atoms with Crippen LogP contribution in [0.1, 0.15) is 36.1 Å². The van der Waals surface area contributed by atoms with Crippen LogP contribution in [0, 0.1) is 0 Å². The van der Waals surface area contributed by atoms with Gasteiger partial charge in [0.05, 0.1) is 16.4 Å².